The Morgan fingerprint density at radius 3 is 1.73 bits per heavy atom. The number of rotatable bonds is 4. The fraction of sp³-hybridized carbons (Fsp3) is 0.200. The molecule has 5 nitrogen and oxygen atoms in total. The molecule has 0 aliphatic rings. The lowest BCUT2D eigenvalue weighted by Crippen LogP contribution is -2.13. The van der Waals surface area contributed by atoms with Crippen LogP contribution in [0.25, 0.3) is 0 Å². The van der Waals surface area contributed by atoms with E-state index < -0.39 is 0 Å². The minimum Gasteiger partial charge on any atom is -0.309 e. The molecule has 0 saturated carbocycles. The molecule has 0 fully saturated rings. The largest absolute Gasteiger partial charge is 0.309 e. The van der Waals surface area contributed by atoms with Crippen molar-refractivity contribution in [1.82, 2.24) is 25.7 Å². The highest BCUT2D eigenvalue weighted by molar-refractivity contribution is 5.07. The number of hydrogen-bond acceptors (Lipinski definition) is 5. The first kappa shape index (κ1) is 9.67. The van der Waals surface area contributed by atoms with Crippen molar-refractivity contribution in [3.63, 3.8) is 0 Å². The summed E-state index contributed by atoms with van der Waals surface area (Å²) in [4.78, 5) is 0. The Balaban J connectivity index is 1.81. The summed E-state index contributed by atoms with van der Waals surface area (Å²) >= 11 is 0. The second-order valence-corrected chi connectivity index (χ2v) is 3.10. The molecule has 2 aromatic heterocycles. The third-order valence-corrected chi connectivity index (χ3v) is 1.95. The molecule has 2 heterocycles. The van der Waals surface area contributed by atoms with E-state index in [0.717, 1.165) is 24.2 Å². The van der Waals surface area contributed by atoms with Gasteiger partial charge in [0.1, 0.15) is 0 Å². The molecule has 2 rings (SSSR count). The molecule has 0 radical (unpaired) electrons. The van der Waals surface area contributed by atoms with Crippen LogP contribution in [0.4, 0.5) is 0 Å². The fourth-order valence-electron chi connectivity index (χ4n) is 1.20. The standard InChI is InChI=1S/C10H11N5/c1-3-12-14-7-9(1)5-11-6-10-2-4-13-15-8-10/h1-4,7-8,11H,5-6H2. The van der Waals surface area contributed by atoms with E-state index in [2.05, 4.69) is 25.7 Å². The zero-order valence-corrected chi connectivity index (χ0v) is 8.17. The van der Waals surface area contributed by atoms with Gasteiger partial charge in [-0.2, -0.15) is 20.4 Å². The summed E-state index contributed by atoms with van der Waals surface area (Å²) in [5, 5.41) is 18.3. The van der Waals surface area contributed by atoms with Crippen LogP contribution in [-0.4, -0.2) is 20.4 Å². The summed E-state index contributed by atoms with van der Waals surface area (Å²) in [6, 6.07) is 3.87. The molecule has 5 heteroatoms. The van der Waals surface area contributed by atoms with Crippen molar-refractivity contribution in [2.24, 2.45) is 0 Å². The normalized spacial score (nSPS) is 10.1. The van der Waals surface area contributed by atoms with Crippen molar-refractivity contribution in [1.29, 1.82) is 0 Å². The maximum atomic E-state index is 3.80. The number of nitrogens with zero attached hydrogens (tertiary/aromatic N) is 4. The van der Waals surface area contributed by atoms with Crippen molar-refractivity contribution >= 4 is 0 Å². The summed E-state index contributed by atoms with van der Waals surface area (Å²) in [5.41, 5.74) is 2.24. The molecule has 1 N–H and O–H groups in total. The molecule has 0 saturated heterocycles. The zero-order chi connectivity index (χ0) is 10.3. The minimum absolute atomic E-state index is 0.776. The van der Waals surface area contributed by atoms with Crippen molar-refractivity contribution in [3.8, 4) is 0 Å². The Bertz CT molecular complexity index is 350. The van der Waals surface area contributed by atoms with Gasteiger partial charge in [-0.3, -0.25) is 0 Å². The van der Waals surface area contributed by atoms with Gasteiger partial charge >= 0.3 is 0 Å². The summed E-state index contributed by atoms with van der Waals surface area (Å²) in [6.45, 7) is 1.55. The predicted molar refractivity (Wildman–Crippen MR) is 54.6 cm³/mol. The summed E-state index contributed by atoms with van der Waals surface area (Å²) < 4.78 is 0. The van der Waals surface area contributed by atoms with Gasteiger partial charge in [-0.25, -0.2) is 0 Å². The third kappa shape index (κ3) is 3.07. The summed E-state index contributed by atoms with van der Waals surface area (Å²) in [5.74, 6) is 0. The Hall–Kier alpha value is -1.88. The maximum Gasteiger partial charge on any atom is 0.0541 e. The molecule has 2 aromatic rings. The first-order chi connectivity index (χ1) is 7.45. The highest BCUT2D eigenvalue weighted by Crippen LogP contribution is 1.96. The van der Waals surface area contributed by atoms with Gasteiger partial charge in [-0.1, -0.05) is 0 Å². The van der Waals surface area contributed by atoms with E-state index in [1.54, 1.807) is 24.8 Å². The van der Waals surface area contributed by atoms with Crippen molar-refractivity contribution < 1.29 is 0 Å². The Morgan fingerprint density at radius 2 is 1.33 bits per heavy atom. The molecule has 15 heavy (non-hydrogen) atoms. The molecule has 0 amide bonds. The molecule has 0 aliphatic heterocycles. The van der Waals surface area contributed by atoms with Gasteiger partial charge in [-0.15, -0.1) is 0 Å². The third-order valence-electron chi connectivity index (χ3n) is 1.95. The van der Waals surface area contributed by atoms with Crippen LogP contribution in [0.2, 0.25) is 0 Å². The average Bonchev–Trinajstić information content (AvgIpc) is 2.32. The van der Waals surface area contributed by atoms with Gasteiger partial charge in [0, 0.05) is 25.5 Å². The summed E-state index contributed by atoms with van der Waals surface area (Å²) in [6.07, 6.45) is 6.87. The predicted octanol–water partition coefficient (Wildman–Crippen LogP) is 0.556. The topological polar surface area (TPSA) is 63.6 Å². The molecule has 0 unspecified atom stereocenters. The highest BCUT2D eigenvalue weighted by Gasteiger charge is 1.93. The second kappa shape index (κ2) is 5.11. The van der Waals surface area contributed by atoms with Crippen LogP contribution in [0.3, 0.4) is 0 Å². The lowest BCUT2D eigenvalue weighted by atomic mass is 10.3. The SMILES string of the molecule is c1cc(CNCc2ccnnc2)cnn1. The molecule has 0 spiro atoms. The van der Waals surface area contributed by atoms with Crippen molar-refractivity contribution in [2.45, 2.75) is 13.1 Å². The Kier molecular flexibility index (Phi) is 3.30. The van der Waals surface area contributed by atoms with Gasteiger partial charge in [-0.05, 0) is 23.3 Å². The number of hydrogen-bond donors (Lipinski definition) is 1. The molecule has 0 atom stereocenters. The molecule has 0 aliphatic carbocycles. The lowest BCUT2D eigenvalue weighted by molar-refractivity contribution is 0.684. The number of aromatic nitrogens is 4. The van der Waals surface area contributed by atoms with E-state index in [1.807, 2.05) is 12.1 Å². The van der Waals surface area contributed by atoms with Gasteiger partial charge in [0.2, 0.25) is 0 Å². The van der Waals surface area contributed by atoms with Crippen LogP contribution in [-0.2, 0) is 13.1 Å². The van der Waals surface area contributed by atoms with E-state index in [-0.39, 0.29) is 0 Å². The second-order valence-electron chi connectivity index (χ2n) is 3.10. The van der Waals surface area contributed by atoms with Crippen LogP contribution >= 0.6 is 0 Å². The Labute approximate surface area is 87.6 Å². The lowest BCUT2D eigenvalue weighted by Gasteiger charge is -2.03. The first-order valence-electron chi connectivity index (χ1n) is 4.67. The minimum atomic E-state index is 0.776. The van der Waals surface area contributed by atoms with Crippen LogP contribution in [0.15, 0.2) is 36.9 Å². The highest BCUT2D eigenvalue weighted by atomic mass is 15.1. The number of nitrogens with one attached hydrogen (secondary N) is 1. The fourth-order valence-corrected chi connectivity index (χ4v) is 1.20. The van der Waals surface area contributed by atoms with Crippen molar-refractivity contribution in [3.05, 3.63) is 48.0 Å². The van der Waals surface area contributed by atoms with Crippen molar-refractivity contribution in [2.75, 3.05) is 0 Å². The Morgan fingerprint density at radius 1 is 0.800 bits per heavy atom. The van der Waals surface area contributed by atoms with E-state index in [9.17, 15) is 0 Å². The van der Waals surface area contributed by atoms with Crippen LogP contribution in [0.5, 0.6) is 0 Å². The average molecular weight is 201 g/mol. The molecule has 0 aromatic carbocycles. The van der Waals surface area contributed by atoms with Crippen LogP contribution in [0, 0.1) is 0 Å². The quantitative estimate of drug-likeness (QED) is 0.782. The van der Waals surface area contributed by atoms with Crippen LogP contribution in [0.1, 0.15) is 11.1 Å². The smallest absolute Gasteiger partial charge is 0.0541 e. The van der Waals surface area contributed by atoms with E-state index in [4.69, 9.17) is 0 Å². The summed E-state index contributed by atoms with van der Waals surface area (Å²) in [7, 11) is 0. The molecule has 76 valence electrons. The zero-order valence-electron chi connectivity index (χ0n) is 8.17. The van der Waals surface area contributed by atoms with Gasteiger partial charge in [0.05, 0.1) is 12.4 Å². The van der Waals surface area contributed by atoms with Crippen LogP contribution < -0.4 is 5.32 Å². The molecular formula is C10H11N5. The monoisotopic (exact) mass is 201 g/mol. The van der Waals surface area contributed by atoms with E-state index >= 15 is 0 Å². The maximum absolute atomic E-state index is 3.80. The molecule has 0 bridgehead atoms. The van der Waals surface area contributed by atoms with Gasteiger partial charge < -0.3 is 5.32 Å². The van der Waals surface area contributed by atoms with Gasteiger partial charge in [0.25, 0.3) is 0 Å². The van der Waals surface area contributed by atoms with E-state index in [0.29, 0.717) is 0 Å². The molecular weight excluding hydrogens is 190 g/mol. The van der Waals surface area contributed by atoms with Gasteiger partial charge in [0.15, 0.2) is 0 Å². The van der Waals surface area contributed by atoms with E-state index in [1.165, 1.54) is 0 Å². The first-order valence-corrected chi connectivity index (χ1v) is 4.67.